The lowest BCUT2D eigenvalue weighted by Gasteiger charge is -2.19. The summed E-state index contributed by atoms with van der Waals surface area (Å²) in [5, 5.41) is 7.11. The van der Waals surface area contributed by atoms with E-state index in [-0.39, 0.29) is 0 Å². The monoisotopic (exact) mass is 351 g/mol. The van der Waals surface area contributed by atoms with Gasteiger partial charge in [0.15, 0.2) is 0 Å². The first-order valence-electron chi connectivity index (χ1n) is 6.54. The van der Waals surface area contributed by atoms with Gasteiger partial charge >= 0.3 is 6.09 Å². The van der Waals surface area contributed by atoms with Crippen LogP contribution >= 0.6 is 15.9 Å². The second-order valence-electron chi connectivity index (χ2n) is 5.71. The maximum absolute atomic E-state index is 11.8. The van der Waals surface area contributed by atoms with E-state index in [0.717, 1.165) is 15.7 Å². The van der Waals surface area contributed by atoms with Crippen molar-refractivity contribution in [3.8, 4) is 11.3 Å². The SMILES string of the molecule is Cn1cc(Br)c(-c2cccc(NC(=O)OC(C)(C)C)c2)n1. The smallest absolute Gasteiger partial charge is 0.412 e. The van der Waals surface area contributed by atoms with Crippen LogP contribution in [0.2, 0.25) is 0 Å². The molecule has 2 rings (SSSR count). The fourth-order valence-electron chi connectivity index (χ4n) is 1.82. The molecule has 21 heavy (non-hydrogen) atoms. The van der Waals surface area contributed by atoms with Crippen LogP contribution in [0.25, 0.3) is 11.3 Å². The number of aromatic nitrogens is 2. The van der Waals surface area contributed by atoms with E-state index in [4.69, 9.17) is 4.74 Å². The molecular weight excluding hydrogens is 334 g/mol. The van der Waals surface area contributed by atoms with Crippen molar-refractivity contribution in [1.29, 1.82) is 0 Å². The molecule has 0 saturated carbocycles. The van der Waals surface area contributed by atoms with Crippen LogP contribution in [0.4, 0.5) is 10.5 Å². The number of nitrogens with zero attached hydrogens (tertiary/aromatic N) is 2. The number of ether oxygens (including phenoxy) is 1. The van der Waals surface area contributed by atoms with Gasteiger partial charge in [-0.2, -0.15) is 5.10 Å². The molecule has 112 valence electrons. The minimum absolute atomic E-state index is 0.472. The average Bonchev–Trinajstić information content (AvgIpc) is 2.66. The Morgan fingerprint density at radius 1 is 1.38 bits per heavy atom. The summed E-state index contributed by atoms with van der Waals surface area (Å²) in [7, 11) is 1.86. The van der Waals surface area contributed by atoms with Crippen LogP contribution in [0, 0.1) is 0 Å². The summed E-state index contributed by atoms with van der Waals surface area (Å²) in [6.07, 6.45) is 1.41. The molecule has 0 fully saturated rings. The van der Waals surface area contributed by atoms with Gasteiger partial charge in [0.2, 0.25) is 0 Å². The third-order valence-corrected chi connectivity index (χ3v) is 3.15. The molecule has 0 atom stereocenters. The van der Waals surface area contributed by atoms with Crippen LogP contribution in [-0.2, 0) is 11.8 Å². The fraction of sp³-hybridized carbons (Fsp3) is 0.333. The Kier molecular flexibility index (Phi) is 4.37. The summed E-state index contributed by atoms with van der Waals surface area (Å²) in [6.45, 7) is 5.48. The molecule has 0 radical (unpaired) electrons. The number of benzene rings is 1. The second-order valence-corrected chi connectivity index (χ2v) is 6.56. The number of hydrogen-bond acceptors (Lipinski definition) is 3. The summed E-state index contributed by atoms with van der Waals surface area (Å²) < 4.78 is 7.87. The average molecular weight is 352 g/mol. The number of halogens is 1. The van der Waals surface area contributed by atoms with Crippen LogP contribution in [-0.4, -0.2) is 21.5 Å². The lowest BCUT2D eigenvalue weighted by atomic mass is 10.1. The number of amides is 1. The van der Waals surface area contributed by atoms with E-state index in [0.29, 0.717) is 5.69 Å². The summed E-state index contributed by atoms with van der Waals surface area (Å²) in [5.74, 6) is 0. The molecule has 6 heteroatoms. The van der Waals surface area contributed by atoms with E-state index < -0.39 is 11.7 Å². The molecule has 1 heterocycles. The van der Waals surface area contributed by atoms with Gasteiger partial charge in [-0.1, -0.05) is 12.1 Å². The summed E-state index contributed by atoms with van der Waals surface area (Å²) >= 11 is 3.47. The van der Waals surface area contributed by atoms with Gasteiger partial charge in [0.25, 0.3) is 0 Å². The molecule has 1 N–H and O–H groups in total. The molecule has 1 amide bonds. The third kappa shape index (κ3) is 4.32. The standard InChI is InChI=1S/C15H18BrN3O2/c1-15(2,3)21-14(20)17-11-7-5-6-10(8-11)13-12(16)9-19(4)18-13/h5-9H,1-4H3,(H,17,20). The van der Waals surface area contributed by atoms with E-state index in [2.05, 4.69) is 26.3 Å². The highest BCUT2D eigenvalue weighted by atomic mass is 79.9. The molecule has 1 aromatic carbocycles. The zero-order valence-electron chi connectivity index (χ0n) is 12.5. The molecule has 0 unspecified atom stereocenters. The Morgan fingerprint density at radius 3 is 2.67 bits per heavy atom. The van der Waals surface area contributed by atoms with Gasteiger partial charge in [-0.3, -0.25) is 10.00 Å². The lowest BCUT2D eigenvalue weighted by Crippen LogP contribution is -2.27. The summed E-state index contributed by atoms with van der Waals surface area (Å²) in [6, 6.07) is 7.47. The topological polar surface area (TPSA) is 56.2 Å². The highest BCUT2D eigenvalue weighted by molar-refractivity contribution is 9.10. The Morgan fingerprint density at radius 2 is 2.10 bits per heavy atom. The van der Waals surface area contributed by atoms with E-state index in [1.165, 1.54) is 0 Å². The van der Waals surface area contributed by atoms with Crippen LogP contribution in [0.15, 0.2) is 34.9 Å². The molecule has 0 bridgehead atoms. The first-order valence-corrected chi connectivity index (χ1v) is 7.33. The van der Waals surface area contributed by atoms with Crippen molar-refractivity contribution < 1.29 is 9.53 Å². The van der Waals surface area contributed by atoms with Crippen LogP contribution in [0.3, 0.4) is 0 Å². The molecule has 1 aromatic heterocycles. The van der Waals surface area contributed by atoms with Crippen molar-refractivity contribution in [3.05, 3.63) is 34.9 Å². The van der Waals surface area contributed by atoms with Gasteiger partial charge in [0.1, 0.15) is 11.3 Å². The Bertz CT molecular complexity index is 659. The highest BCUT2D eigenvalue weighted by Crippen LogP contribution is 2.28. The van der Waals surface area contributed by atoms with Crippen LogP contribution < -0.4 is 5.32 Å². The van der Waals surface area contributed by atoms with Crippen molar-refractivity contribution >= 4 is 27.7 Å². The largest absolute Gasteiger partial charge is 0.444 e. The van der Waals surface area contributed by atoms with E-state index in [9.17, 15) is 4.79 Å². The van der Waals surface area contributed by atoms with Crippen LogP contribution in [0.5, 0.6) is 0 Å². The van der Waals surface area contributed by atoms with Gasteiger partial charge in [-0.05, 0) is 48.8 Å². The Labute approximate surface area is 132 Å². The Balaban J connectivity index is 2.19. The highest BCUT2D eigenvalue weighted by Gasteiger charge is 2.16. The first-order chi connectivity index (χ1) is 9.74. The van der Waals surface area contributed by atoms with Crippen molar-refractivity contribution in [2.45, 2.75) is 26.4 Å². The second kappa shape index (κ2) is 5.89. The first kappa shape index (κ1) is 15.6. The predicted molar refractivity (Wildman–Crippen MR) is 86.2 cm³/mol. The minimum Gasteiger partial charge on any atom is -0.444 e. The van der Waals surface area contributed by atoms with Gasteiger partial charge in [-0.25, -0.2) is 4.79 Å². The molecule has 0 aliphatic rings. The van der Waals surface area contributed by atoms with Crippen molar-refractivity contribution in [3.63, 3.8) is 0 Å². The van der Waals surface area contributed by atoms with Gasteiger partial charge in [-0.15, -0.1) is 0 Å². The number of nitrogens with one attached hydrogen (secondary N) is 1. The van der Waals surface area contributed by atoms with Crippen molar-refractivity contribution in [2.24, 2.45) is 7.05 Å². The van der Waals surface area contributed by atoms with Gasteiger partial charge in [0.05, 0.1) is 4.47 Å². The number of anilines is 1. The molecule has 5 nitrogen and oxygen atoms in total. The molecule has 0 aliphatic carbocycles. The van der Waals surface area contributed by atoms with Crippen molar-refractivity contribution in [2.75, 3.05) is 5.32 Å². The number of carbonyl (C=O) groups excluding carboxylic acids is 1. The predicted octanol–water partition coefficient (Wildman–Crippen LogP) is 4.20. The summed E-state index contributed by atoms with van der Waals surface area (Å²) in [4.78, 5) is 11.8. The maximum atomic E-state index is 11.8. The van der Waals surface area contributed by atoms with E-state index in [1.807, 2.05) is 58.3 Å². The van der Waals surface area contributed by atoms with E-state index in [1.54, 1.807) is 4.68 Å². The summed E-state index contributed by atoms with van der Waals surface area (Å²) in [5.41, 5.74) is 1.88. The molecule has 0 aliphatic heterocycles. The molecule has 2 aromatic rings. The van der Waals surface area contributed by atoms with Gasteiger partial charge in [0, 0.05) is 24.5 Å². The molecule has 0 spiro atoms. The van der Waals surface area contributed by atoms with Gasteiger partial charge < -0.3 is 4.74 Å². The maximum Gasteiger partial charge on any atom is 0.412 e. The quantitative estimate of drug-likeness (QED) is 0.881. The minimum atomic E-state index is -0.522. The normalized spacial score (nSPS) is 11.3. The third-order valence-electron chi connectivity index (χ3n) is 2.57. The number of rotatable bonds is 2. The van der Waals surface area contributed by atoms with Crippen molar-refractivity contribution in [1.82, 2.24) is 9.78 Å². The number of carbonyl (C=O) groups is 1. The zero-order chi connectivity index (χ0) is 15.6. The lowest BCUT2D eigenvalue weighted by molar-refractivity contribution is 0.0636. The number of hydrogen-bond donors (Lipinski definition) is 1. The van der Waals surface area contributed by atoms with Crippen LogP contribution in [0.1, 0.15) is 20.8 Å². The number of aryl methyl sites for hydroxylation is 1. The Hall–Kier alpha value is -1.82. The van der Waals surface area contributed by atoms with E-state index >= 15 is 0 Å². The molecular formula is C15H18BrN3O2. The fourth-order valence-corrected chi connectivity index (χ4v) is 2.43. The zero-order valence-corrected chi connectivity index (χ0v) is 14.1. The molecule has 0 saturated heterocycles.